The van der Waals surface area contributed by atoms with Gasteiger partial charge in [-0.05, 0) is 15.9 Å². The number of hydrogen-bond donors (Lipinski definition) is 0. The van der Waals surface area contributed by atoms with Crippen molar-refractivity contribution in [3.05, 3.63) is 29.3 Å². The first kappa shape index (κ1) is 8.37. The molecule has 4 nitrogen and oxygen atoms in total. The molecule has 0 radical (unpaired) electrons. The molecule has 0 saturated heterocycles. The SMILES string of the molecule is Cn1cc(-c2cnncc2Br)cn1. The van der Waals surface area contributed by atoms with Gasteiger partial charge in [0.1, 0.15) is 0 Å². The van der Waals surface area contributed by atoms with Crippen LogP contribution in [0.3, 0.4) is 0 Å². The number of aromatic nitrogens is 4. The van der Waals surface area contributed by atoms with Crippen LogP contribution in [-0.2, 0) is 7.05 Å². The van der Waals surface area contributed by atoms with E-state index in [4.69, 9.17) is 0 Å². The van der Waals surface area contributed by atoms with Gasteiger partial charge >= 0.3 is 0 Å². The maximum atomic E-state index is 4.08. The molecule has 2 heterocycles. The van der Waals surface area contributed by atoms with Crippen LogP contribution in [-0.4, -0.2) is 20.0 Å². The van der Waals surface area contributed by atoms with E-state index in [0.717, 1.165) is 15.6 Å². The van der Waals surface area contributed by atoms with Crippen molar-refractivity contribution in [1.29, 1.82) is 0 Å². The molecule has 0 amide bonds. The first-order chi connectivity index (χ1) is 6.27. The van der Waals surface area contributed by atoms with Gasteiger partial charge in [0.05, 0.1) is 18.6 Å². The normalized spacial score (nSPS) is 10.3. The molecule has 0 aliphatic heterocycles. The molecule has 66 valence electrons. The number of halogens is 1. The molecule has 0 saturated carbocycles. The van der Waals surface area contributed by atoms with E-state index in [2.05, 4.69) is 31.2 Å². The van der Waals surface area contributed by atoms with Gasteiger partial charge in [0.15, 0.2) is 0 Å². The van der Waals surface area contributed by atoms with Crippen molar-refractivity contribution >= 4 is 15.9 Å². The third-order valence-electron chi connectivity index (χ3n) is 1.70. The Hall–Kier alpha value is -1.23. The Balaban J connectivity index is 2.52. The third-order valence-corrected chi connectivity index (χ3v) is 2.33. The fourth-order valence-electron chi connectivity index (χ4n) is 1.08. The average molecular weight is 239 g/mol. The highest BCUT2D eigenvalue weighted by molar-refractivity contribution is 9.10. The molecular formula is C8H7BrN4. The molecule has 0 spiro atoms. The second-order valence-corrected chi connectivity index (χ2v) is 3.51. The fourth-order valence-corrected chi connectivity index (χ4v) is 1.50. The van der Waals surface area contributed by atoms with E-state index in [-0.39, 0.29) is 0 Å². The number of aryl methyl sites for hydroxylation is 1. The van der Waals surface area contributed by atoms with Gasteiger partial charge in [-0.25, -0.2) is 0 Å². The van der Waals surface area contributed by atoms with Crippen LogP contribution in [0.2, 0.25) is 0 Å². The number of rotatable bonds is 1. The lowest BCUT2D eigenvalue weighted by atomic mass is 10.2. The Morgan fingerprint density at radius 2 is 2.00 bits per heavy atom. The van der Waals surface area contributed by atoms with Crippen molar-refractivity contribution in [3.8, 4) is 11.1 Å². The zero-order valence-corrected chi connectivity index (χ0v) is 8.56. The van der Waals surface area contributed by atoms with Crippen LogP contribution >= 0.6 is 15.9 Å². The Morgan fingerprint density at radius 1 is 1.23 bits per heavy atom. The van der Waals surface area contributed by atoms with Crippen LogP contribution in [0.1, 0.15) is 0 Å². The summed E-state index contributed by atoms with van der Waals surface area (Å²) in [5, 5.41) is 11.6. The molecule has 13 heavy (non-hydrogen) atoms. The fraction of sp³-hybridized carbons (Fsp3) is 0.125. The molecule has 0 aromatic carbocycles. The quantitative estimate of drug-likeness (QED) is 0.759. The highest BCUT2D eigenvalue weighted by atomic mass is 79.9. The Labute approximate surface area is 83.7 Å². The molecule has 2 aromatic rings. The number of hydrogen-bond acceptors (Lipinski definition) is 3. The Morgan fingerprint density at radius 3 is 2.62 bits per heavy atom. The van der Waals surface area contributed by atoms with Crippen LogP contribution in [0.5, 0.6) is 0 Å². The lowest BCUT2D eigenvalue weighted by Gasteiger charge is -1.97. The maximum absolute atomic E-state index is 4.08. The van der Waals surface area contributed by atoms with E-state index < -0.39 is 0 Å². The Bertz CT molecular complexity index is 424. The van der Waals surface area contributed by atoms with E-state index in [0.29, 0.717) is 0 Å². The molecule has 5 heteroatoms. The van der Waals surface area contributed by atoms with Crippen LogP contribution in [0, 0.1) is 0 Å². The summed E-state index contributed by atoms with van der Waals surface area (Å²) in [5.74, 6) is 0. The minimum Gasteiger partial charge on any atom is -0.275 e. The van der Waals surface area contributed by atoms with Gasteiger partial charge in [0.2, 0.25) is 0 Å². The summed E-state index contributed by atoms with van der Waals surface area (Å²) in [6.07, 6.45) is 7.10. The van der Waals surface area contributed by atoms with Crippen LogP contribution in [0.4, 0.5) is 0 Å². The van der Waals surface area contributed by atoms with Gasteiger partial charge in [0, 0.05) is 28.8 Å². The van der Waals surface area contributed by atoms with Crippen molar-refractivity contribution in [2.45, 2.75) is 0 Å². The van der Waals surface area contributed by atoms with Crippen molar-refractivity contribution < 1.29 is 0 Å². The predicted octanol–water partition coefficient (Wildman–Crippen LogP) is 1.64. The van der Waals surface area contributed by atoms with Crippen LogP contribution < -0.4 is 0 Å². The summed E-state index contributed by atoms with van der Waals surface area (Å²) in [7, 11) is 1.88. The molecule has 0 atom stereocenters. The summed E-state index contributed by atoms with van der Waals surface area (Å²) < 4.78 is 2.68. The van der Waals surface area contributed by atoms with E-state index in [1.165, 1.54) is 0 Å². The standard InChI is InChI=1S/C8H7BrN4/c1-13-5-6(2-12-13)7-3-10-11-4-8(7)9/h2-5H,1H3. The highest BCUT2D eigenvalue weighted by Gasteiger charge is 2.04. The summed E-state index contributed by atoms with van der Waals surface area (Å²) in [4.78, 5) is 0. The van der Waals surface area contributed by atoms with Crippen LogP contribution in [0.15, 0.2) is 29.3 Å². The molecule has 2 aromatic heterocycles. The van der Waals surface area contributed by atoms with Crippen molar-refractivity contribution in [3.63, 3.8) is 0 Å². The molecule has 0 aliphatic carbocycles. The molecule has 0 fully saturated rings. The van der Waals surface area contributed by atoms with Gasteiger partial charge in [0.25, 0.3) is 0 Å². The highest BCUT2D eigenvalue weighted by Crippen LogP contribution is 2.25. The van der Waals surface area contributed by atoms with Gasteiger partial charge in [-0.2, -0.15) is 15.3 Å². The summed E-state index contributed by atoms with van der Waals surface area (Å²) in [6.45, 7) is 0. The molecule has 0 unspecified atom stereocenters. The summed E-state index contributed by atoms with van der Waals surface area (Å²) in [5.41, 5.74) is 2.03. The molecule has 0 bridgehead atoms. The smallest absolute Gasteiger partial charge is 0.0644 e. The molecule has 2 rings (SSSR count). The average Bonchev–Trinajstić information content (AvgIpc) is 2.53. The zero-order valence-electron chi connectivity index (χ0n) is 6.98. The summed E-state index contributed by atoms with van der Waals surface area (Å²) >= 11 is 3.40. The second kappa shape index (κ2) is 3.26. The lowest BCUT2D eigenvalue weighted by Crippen LogP contribution is -1.85. The summed E-state index contributed by atoms with van der Waals surface area (Å²) in [6, 6.07) is 0. The van der Waals surface area contributed by atoms with Crippen molar-refractivity contribution in [2.24, 2.45) is 7.05 Å². The van der Waals surface area contributed by atoms with Gasteiger partial charge in [-0.1, -0.05) is 0 Å². The van der Waals surface area contributed by atoms with Crippen molar-refractivity contribution in [1.82, 2.24) is 20.0 Å². The third kappa shape index (κ3) is 1.60. The van der Waals surface area contributed by atoms with Gasteiger partial charge in [-0.15, -0.1) is 0 Å². The molecule has 0 N–H and O–H groups in total. The van der Waals surface area contributed by atoms with Gasteiger partial charge < -0.3 is 0 Å². The Kier molecular flexibility index (Phi) is 2.10. The topological polar surface area (TPSA) is 43.6 Å². The molecule has 0 aliphatic rings. The zero-order chi connectivity index (χ0) is 9.26. The first-order valence-electron chi connectivity index (χ1n) is 3.72. The second-order valence-electron chi connectivity index (χ2n) is 2.65. The molecular weight excluding hydrogens is 232 g/mol. The predicted molar refractivity (Wildman–Crippen MR) is 51.9 cm³/mol. The minimum absolute atomic E-state index is 0.926. The van der Waals surface area contributed by atoms with E-state index in [1.807, 2.05) is 13.2 Å². The van der Waals surface area contributed by atoms with Crippen molar-refractivity contribution in [2.75, 3.05) is 0 Å². The van der Waals surface area contributed by atoms with E-state index in [9.17, 15) is 0 Å². The largest absolute Gasteiger partial charge is 0.275 e. The van der Waals surface area contributed by atoms with Crippen LogP contribution in [0.25, 0.3) is 11.1 Å². The van der Waals surface area contributed by atoms with E-state index >= 15 is 0 Å². The maximum Gasteiger partial charge on any atom is 0.0644 e. The lowest BCUT2D eigenvalue weighted by molar-refractivity contribution is 0.768. The van der Waals surface area contributed by atoms with Gasteiger partial charge in [-0.3, -0.25) is 4.68 Å². The first-order valence-corrected chi connectivity index (χ1v) is 4.52. The van der Waals surface area contributed by atoms with E-state index in [1.54, 1.807) is 23.3 Å². The monoisotopic (exact) mass is 238 g/mol. The number of nitrogens with zero attached hydrogens (tertiary/aromatic N) is 4. The minimum atomic E-state index is 0.926.